The van der Waals surface area contributed by atoms with Crippen molar-refractivity contribution in [1.82, 2.24) is 0 Å². The van der Waals surface area contributed by atoms with Gasteiger partial charge in [-0.2, -0.15) is 10.5 Å². The van der Waals surface area contributed by atoms with Gasteiger partial charge in [0.1, 0.15) is 17.9 Å². The molecule has 5 nitrogen and oxygen atoms in total. The van der Waals surface area contributed by atoms with E-state index in [2.05, 4.69) is 54.3 Å². The molecule has 1 aliphatic heterocycles. The molecule has 0 atom stereocenters. The van der Waals surface area contributed by atoms with Crippen LogP contribution in [0.4, 0.5) is 5.69 Å². The molecule has 0 amide bonds. The molecule has 154 valence electrons. The van der Waals surface area contributed by atoms with Crippen molar-refractivity contribution in [1.29, 1.82) is 10.5 Å². The van der Waals surface area contributed by atoms with Crippen LogP contribution in [0.3, 0.4) is 0 Å². The summed E-state index contributed by atoms with van der Waals surface area (Å²) in [4.78, 5) is 2.14. The third kappa shape index (κ3) is 4.38. The molecule has 0 unspecified atom stereocenters. The van der Waals surface area contributed by atoms with Gasteiger partial charge >= 0.3 is 0 Å². The van der Waals surface area contributed by atoms with Gasteiger partial charge in [0.2, 0.25) is 0 Å². The molecule has 31 heavy (non-hydrogen) atoms. The van der Waals surface area contributed by atoms with E-state index in [1.165, 1.54) is 5.56 Å². The van der Waals surface area contributed by atoms with Gasteiger partial charge in [-0.15, -0.1) is 0 Å². The fourth-order valence-electron chi connectivity index (χ4n) is 3.77. The van der Waals surface area contributed by atoms with Gasteiger partial charge in [0, 0.05) is 19.2 Å². The summed E-state index contributed by atoms with van der Waals surface area (Å²) < 4.78 is 11.8. The lowest BCUT2D eigenvalue weighted by atomic mass is 10.0. The molecule has 0 aromatic heterocycles. The monoisotopic (exact) mass is 409 g/mol. The number of rotatable bonds is 4. The van der Waals surface area contributed by atoms with Crippen LogP contribution in [0.1, 0.15) is 22.3 Å². The van der Waals surface area contributed by atoms with Gasteiger partial charge < -0.3 is 14.4 Å². The van der Waals surface area contributed by atoms with Crippen molar-refractivity contribution in [2.24, 2.45) is 0 Å². The standard InChI is InChI=1S/C26H23N3O2/c1-18-4-3-5-20(12-18)21-6-7-25(19(2)13-21)31-26-15-23(17-28)22(16-27)14-24(26)29-8-10-30-11-9-29/h3-7,12-15H,8-11H2,1-2H3. The van der Waals surface area contributed by atoms with E-state index in [-0.39, 0.29) is 0 Å². The van der Waals surface area contributed by atoms with Crippen molar-refractivity contribution in [2.75, 3.05) is 31.2 Å². The van der Waals surface area contributed by atoms with Crippen LogP contribution < -0.4 is 9.64 Å². The van der Waals surface area contributed by atoms with Crippen molar-refractivity contribution in [3.05, 3.63) is 76.9 Å². The molecule has 0 N–H and O–H groups in total. The van der Waals surface area contributed by atoms with Crippen LogP contribution in [-0.4, -0.2) is 26.3 Å². The fourth-order valence-corrected chi connectivity index (χ4v) is 3.77. The molecule has 1 fully saturated rings. The summed E-state index contributed by atoms with van der Waals surface area (Å²) in [5, 5.41) is 19.0. The topological polar surface area (TPSA) is 69.3 Å². The number of nitriles is 2. The largest absolute Gasteiger partial charge is 0.455 e. The first-order valence-electron chi connectivity index (χ1n) is 10.3. The maximum atomic E-state index is 9.49. The zero-order chi connectivity index (χ0) is 21.8. The maximum Gasteiger partial charge on any atom is 0.152 e. The second kappa shape index (κ2) is 8.92. The summed E-state index contributed by atoms with van der Waals surface area (Å²) in [6, 6.07) is 22.1. The van der Waals surface area contributed by atoms with Gasteiger partial charge in [0.25, 0.3) is 0 Å². The van der Waals surface area contributed by atoms with E-state index in [0.717, 1.165) is 28.1 Å². The van der Waals surface area contributed by atoms with E-state index in [4.69, 9.17) is 9.47 Å². The van der Waals surface area contributed by atoms with Gasteiger partial charge in [-0.3, -0.25) is 0 Å². The Labute approximate surface area is 182 Å². The van der Waals surface area contributed by atoms with Gasteiger partial charge in [0.05, 0.1) is 30.0 Å². The third-order valence-electron chi connectivity index (χ3n) is 5.44. The molecular formula is C26H23N3O2. The molecule has 0 saturated carbocycles. The lowest BCUT2D eigenvalue weighted by Gasteiger charge is -2.30. The molecule has 4 rings (SSSR count). The van der Waals surface area contributed by atoms with Crippen molar-refractivity contribution in [3.63, 3.8) is 0 Å². The summed E-state index contributed by atoms with van der Waals surface area (Å²) >= 11 is 0. The molecule has 5 heteroatoms. The number of hydrogen-bond donors (Lipinski definition) is 0. The lowest BCUT2D eigenvalue weighted by Crippen LogP contribution is -2.36. The van der Waals surface area contributed by atoms with E-state index >= 15 is 0 Å². The van der Waals surface area contributed by atoms with Crippen LogP contribution in [0.5, 0.6) is 11.5 Å². The Balaban J connectivity index is 1.71. The molecule has 0 spiro atoms. The van der Waals surface area contributed by atoms with Crippen LogP contribution in [0, 0.1) is 36.5 Å². The predicted octanol–water partition coefficient (Wildman–Crippen LogP) is 5.34. The van der Waals surface area contributed by atoms with Crippen molar-refractivity contribution in [2.45, 2.75) is 13.8 Å². The van der Waals surface area contributed by atoms with E-state index in [9.17, 15) is 10.5 Å². The Kier molecular flexibility index (Phi) is 5.89. The van der Waals surface area contributed by atoms with Crippen LogP contribution in [0.25, 0.3) is 11.1 Å². The van der Waals surface area contributed by atoms with Crippen molar-refractivity contribution < 1.29 is 9.47 Å². The van der Waals surface area contributed by atoms with Crippen molar-refractivity contribution >= 4 is 5.69 Å². The molecule has 1 aliphatic rings. The fraction of sp³-hybridized carbons (Fsp3) is 0.231. The molecular weight excluding hydrogens is 386 g/mol. The molecule has 1 heterocycles. The number of ether oxygens (including phenoxy) is 2. The first-order chi connectivity index (χ1) is 15.1. The Morgan fingerprint density at radius 1 is 0.839 bits per heavy atom. The second-order valence-corrected chi connectivity index (χ2v) is 7.64. The van der Waals surface area contributed by atoms with E-state index in [1.807, 2.05) is 19.1 Å². The molecule has 0 bridgehead atoms. The van der Waals surface area contributed by atoms with Crippen LogP contribution >= 0.6 is 0 Å². The van der Waals surface area contributed by atoms with Gasteiger partial charge in [-0.1, -0.05) is 35.9 Å². The van der Waals surface area contributed by atoms with Crippen LogP contribution in [0.15, 0.2) is 54.6 Å². The van der Waals surface area contributed by atoms with Crippen molar-refractivity contribution in [3.8, 4) is 34.8 Å². The zero-order valence-electron chi connectivity index (χ0n) is 17.7. The lowest BCUT2D eigenvalue weighted by molar-refractivity contribution is 0.122. The average molecular weight is 409 g/mol. The minimum Gasteiger partial charge on any atom is -0.455 e. The number of anilines is 1. The minimum absolute atomic E-state index is 0.309. The van der Waals surface area contributed by atoms with Gasteiger partial charge in [0.15, 0.2) is 5.75 Å². The molecule has 0 radical (unpaired) electrons. The second-order valence-electron chi connectivity index (χ2n) is 7.64. The Bertz CT molecular complexity index is 1200. The smallest absolute Gasteiger partial charge is 0.152 e. The highest BCUT2D eigenvalue weighted by molar-refractivity contribution is 5.69. The first-order valence-corrected chi connectivity index (χ1v) is 10.3. The van der Waals surface area contributed by atoms with E-state index < -0.39 is 0 Å². The quantitative estimate of drug-likeness (QED) is 0.581. The van der Waals surface area contributed by atoms with Crippen LogP contribution in [0.2, 0.25) is 0 Å². The minimum atomic E-state index is 0.309. The number of aryl methyl sites for hydroxylation is 2. The number of hydrogen-bond acceptors (Lipinski definition) is 5. The third-order valence-corrected chi connectivity index (χ3v) is 5.44. The Morgan fingerprint density at radius 2 is 1.55 bits per heavy atom. The molecule has 3 aromatic rings. The zero-order valence-corrected chi connectivity index (χ0v) is 17.7. The SMILES string of the molecule is Cc1cccc(-c2ccc(Oc3cc(C#N)c(C#N)cc3N3CCOCC3)c(C)c2)c1. The van der Waals surface area contributed by atoms with E-state index in [1.54, 1.807) is 12.1 Å². The predicted molar refractivity (Wildman–Crippen MR) is 120 cm³/mol. The van der Waals surface area contributed by atoms with E-state index in [0.29, 0.717) is 43.2 Å². The normalized spacial score (nSPS) is 13.4. The summed E-state index contributed by atoms with van der Waals surface area (Å²) in [6.45, 7) is 6.74. The highest BCUT2D eigenvalue weighted by Crippen LogP contribution is 2.37. The highest BCUT2D eigenvalue weighted by Gasteiger charge is 2.20. The maximum absolute atomic E-state index is 9.49. The average Bonchev–Trinajstić information content (AvgIpc) is 2.80. The summed E-state index contributed by atoms with van der Waals surface area (Å²) in [7, 11) is 0. The van der Waals surface area contributed by atoms with Gasteiger partial charge in [-0.25, -0.2) is 0 Å². The van der Waals surface area contributed by atoms with Gasteiger partial charge in [-0.05, 0) is 48.7 Å². The molecule has 0 aliphatic carbocycles. The molecule has 3 aromatic carbocycles. The highest BCUT2D eigenvalue weighted by atomic mass is 16.5. The summed E-state index contributed by atoms with van der Waals surface area (Å²) in [5.41, 5.74) is 5.96. The summed E-state index contributed by atoms with van der Waals surface area (Å²) in [5.74, 6) is 1.29. The molecule has 1 saturated heterocycles. The summed E-state index contributed by atoms with van der Waals surface area (Å²) in [6.07, 6.45) is 0. The number of morpholine rings is 1. The first kappa shape index (κ1) is 20.5. The van der Waals surface area contributed by atoms with Crippen LogP contribution in [-0.2, 0) is 4.74 Å². The number of nitrogens with zero attached hydrogens (tertiary/aromatic N) is 3. The number of benzene rings is 3. The Morgan fingerprint density at radius 3 is 2.23 bits per heavy atom. The Hall–Kier alpha value is -3.80.